The fraction of sp³-hybridized carbons (Fsp3) is 0.233. The Bertz CT molecular complexity index is 1300. The van der Waals surface area contributed by atoms with Crippen molar-refractivity contribution in [3.8, 4) is 34.5 Å². The van der Waals surface area contributed by atoms with E-state index in [1.54, 1.807) is 79.4 Å². The van der Waals surface area contributed by atoms with Crippen LogP contribution in [0.3, 0.4) is 0 Å². The lowest BCUT2D eigenvalue weighted by Crippen LogP contribution is -2.23. The summed E-state index contributed by atoms with van der Waals surface area (Å²) in [5.41, 5.74) is 1.65. The molecule has 10 heteroatoms. The van der Waals surface area contributed by atoms with Crippen molar-refractivity contribution in [1.82, 2.24) is 4.90 Å². The molecule has 0 amide bonds. The second kappa shape index (κ2) is 15.4. The number of para-hydroxylation sites is 3. The Morgan fingerprint density at radius 2 is 1.02 bits per heavy atom. The molecule has 0 unspecified atom stereocenters. The summed E-state index contributed by atoms with van der Waals surface area (Å²) in [6, 6.07) is 15.6. The third kappa shape index (κ3) is 8.26. The van der Waals surface area contributed by atoms with Crippen molar-refractivity contribution in [1.29, 1.82) is 0 Å². The maximum absolute atomic E-state index is 10.3. The predicted molar refractivity (Wildman–Crippen MR) is 157 cm³/mol. The van der Waals surface area contributed by atoms with Crippen LogP contribution < -0.4 is 14.2 Å². The van der Waals surface area contributed by atoms with Gasteiger partial charge in [0.2, 0.25) is 0 Å². The molecular weight excluding hydrogens is 512 g/mol. The maximum atomic E-state index is 10.3. The van der Waals surface area contributed by atoms with Crippen LogP contribution in [0.5, 0.6) is 34.5 Å². The van der Waals surface area contributed by atoms with Crippen molar-refractivity contribution in [2.75, 3.05) is 47.5 Å². The van der Waals surface area contributed by atoms with Gasteiger partial charge in [-0.2, -0.15) is 0 Å². The molecule has 3 rings (SSSR count). The highest BCUT2D eigenvalue weighted by Crippen LogP contribution is 2.29. The third-order valence-corrected chi connectivity index (χ3v) is 5.82. The molecule has 0 bridgehead atoms. The Hall–Kier alpha value is -4.99. The molecule has 0 fully saturated rings. The molecule has 0 spiro atoms. The van der Waals surface area contributed by atoms with E-state index in [1.807, 2.05) is 11.1 Å². The number of phenolic OH excluding ortho intramolecular Hbond substituents is 3. The fourth-order valence-electron chi connectivity index (χ4n) is 3.64. The van der Waals surface area contributed by atoms with E-state index in [0.717, 1.165) is 0 Å². The molecule has 3 aromatic rings. The van der Waals surface area contributed by atoms with Gasteiger partial charge in [0, 0.05) is 60.8 Å². The van der Waals surface area contributed by atoms with Gasteiger partial charge in [-0.05, 0) is 36.4 Å². The molecule has 3 N–H and O–H groups in total. The van der Waals surface area contributed by atoms with Crippen molar-refractivity contribution < 1.29 is 29.5 Å². The number of aliphatic imine (C=N–C) groups is 3. The summed E-state index contributed by atoms with van der Waals surface area (Å²) < 4.78 is 15.4. The van der Waals surface area contributed by atoms with E-state index in [2.05, 4.69) is 15.0 Å². The van der Waals surface area contributed by atoms with E-state index in [1.165, 1.54) is 21.3 Å². The lowest BCUT2D eigenvalue weighted by atomic mass is 10.2. The van der Waals surface area contributed by atoms with E-state index >= 15 is 0 Å². The molecule has 0 aliphatic heterocycles. The molecule has 0 heterocycles. The highest BCUT2D eigenvalue weighted by atomic mass is 16.5. The maximum Gasteiger partial charge on any atom is 0.166 e. The Balaban J connectivity index is 1.67. The first-order valence-electron chi connectivity index (χ1n) is 12.5. The third-order valence-electron chi connectivity index (χ3n) is 5.82. The first-order valence-corrected chi connectivity index (χ1v) is 12.5. The number of hydrogen-bond acceptors (Lipinski definition) is 10. The topological polar surface area (TPSA) is 129 Å². The molecule has 40 heavy (non-hydrogen) atoms. The first-order chi connectivity index (χ1) is 19.5. The van der Waals surface area contributed by atoms with Crippen molar-refractivity contribution in [3.05, 3.63) is 83.7 Å². The number of hydrogen-bond donors (Lipinski definition) is 3. The minimum absolute atomic E-state index is 0.0178. The number of nitrogens with zero attached hydrogens (tertiary/aromatic N) is 4. The van der Waals surface area contributed by atoms with Gasteiger partial charge in [-0.15, -0.1) is 0 Å². The molecule has 0 aliphatic rings. The van der Waals surface area contributed by atoms with Crippen molar-refractivity contribution >= 4 is 18.6 Å². The quantitative estimate of drug-likeness (QED) is 0.258. The minimum atomic E-state index is 0.0178. The molecule has 0 atom stereocenters. The number of rotatable bonds is 14. The summed E-state index contributed by atoms with van der Waals surface area (Å²) in [5, 5.41) is 30.8. The summed E-state index contributed by atoms with van der Waals surface area (Å²) >= 11 is 0. The summed E-state index contributed by atoms with van der Waals surface area (Å²) in [4.78, 5) is 15.2. The van der Waals surface area contributed by atoms with E-state index in [-0.39, 0.29) is 17.2 Å². The zero-order valence-corrected chi connectivity index (χ0v) is 22.8. The van der Waals surface area contributed by atoms with Gasteiger partial charge in [0.1, 0.15) is 0 Å². The van der Waals surface area contributed by atoms with Crippen molar-refractivity contribution in [2.24, 2.45) is 15.0 Å². The summed E-state index contributed by atoms with van der Waals surface area (Å²) in [6.07, 6.45) is 8.18. The lowest BCUT2D eigenvalue weighted by Gasteiger charge is -2.17. The van der Waals surface area contributed by atoms with E-state index in [9.17, 15) is 15.3 Å². The first kappa shape index (κ1) is 29.6. The Labute approximate surface area is 233 Å². The van der Waals surface area contributed by atoms with E-state index in [4.69, 9.17) is 14.2 Å². The highest BCUT2D eigenvalue weighted by molar-refractivity contribution is 5.86. The summed E-state index contributed by atoms with van der Waals surface area (Å²) in [7, 11) is 4.48. The zero-order valence-electron chi connectivity index (χ0n) is 22.8. The SMILES string of the molecule is COc1cccc(C=N/C=C/N(CCN=Cc2cccc(OC)c2O)CCN=Cc2cccc(OC)c2O)c1O. The van der Waals surface area contributed by atoms with Crippen LogP contribution in [0.1, 0.15) is 16.7 Å². The van der Waals surface area contributed by atoms with Crippen LogP contribution in [0.4, 0.5) is 0 Å². The fourth-order valence-corrected chi connectivity index (χ4v) is 3.64. The van der Waals surface area contributed by atoms with Crippen LogP contribution in [0, 0.1) is 0 Å². The number of phenols is 3. The van der Waals surface area contributed by atoms with Gasteiger partial charge in [-0.3, -0.25) is 15.0 Å². The largest absolute Gasteiger partial charge is 0.504 e. The van der Waals surface area contributed by atoms with Gasteiger partial charge >= 0.3 is 0 Å². The standard InChI is InChI=1S/C30H34N4O6/c1-38-25-10-4-7-22(28(25)35)19-31-13-16-34(17-14-32-20-23-8-5-11-26(39-2)29(23)36)18-15-33-21-24-9-6-12-27(40-3)30(24)37/h4-13,16,19-21,35-37H,14-15,17-18H2,1-3H3/b16-13+,31-19?,32-20?,33-21?. The average molecular weight is 547 g/mol. The van der Waals surface area contributed by atoms with Crippen LogP contribution in [0.2, 0.25) is 0 Å². The van der Waals surface area contributed by atoms with E-state index in [0.29, 0.717) is 60.1 Å². The molecule has 0 saturated heterocycles. The lowest BCUT2D eigenvalue weighted by molar-refractivity contribution is 0.373. The molecular formula is C30H34N4O6. The zero-order chi connectivity index (χ0) is 28.7. The Morgan fingerprint density at radius 1 is 0.625 bits per heavy atom. The molecule has 0 saturated carbocycles. The molecule has 0 radical (unpaired) electrons. The molecule has 0 aromatic heterocycles. The van der Waals surface area contributed by atoms with Crippen molar-refractivity contribution in [2.45, 2.75) is 0 Å². The summed E-state index contributed by atoms with van der Waals surface area (Å²) in [5.74, 6) is 1.23. The molecule has 10 nitrogen and oxygen atoms in total. The van der Waals surface area contributed by atoms with Gasteiger partial charge in [-0.1, -0.05) is 18.2 Å². The van der Waals surface area contributed by atoms with Crippen LogP contribution in [0.25, 0.3) is 0 Å². The van der Waals surface area contributed by atoms with Crippen molar-refractivity contribution in [3.63, 3.8) is 0 Å². The monoisotopic (exact) mass is 546 g/mol. The predicted octanol–water partition coefficient (Wildman–Crippen LogP) is 4.26. The average Bonchev–Trinajstić information content (AvgIpc) is 2.97. The Morgan fingerprint density at radius 3 is 1.43 bits per heavy atom. The van der Waals surface area contributed by atoms with Crippen LogP contribution >= 0.6 is 0 Å². The molecule has 3 aromatic carbocycles. The minimum Gasteiger partial charge on any atom is -0.504 e. The van der Waals surface area contributed by atoms with E-state index < -0.39 is 0 Å². The van der Waals surface area contributed by atoms with Gasteiger partial charge in [0.15, 0.2) is 34.5 Å². The van der Waals surface area contributed by atoms with Gasteiger partial charge in [-0.25, -0.2) is 0 Å². The van der Waals surface area contributed by atoms with Crippen LogP contribution in [0.15, 0.2) is 82.0 Å². The van der Waals surface area contributed by atoms with Crippen LogP contribution in [-0.2, 0) is 0 Å². The number of methoxy groups -OCH3 is 3. The normalized spacial score (nSPS) is 11.7. The number of ether oxygens (including phenoxy) is 3. The molecule has 0 aliphatic carbocycles. The van der Waals surface area contributed by atoms with Gasteiger partial charge in [0.25, 0.3) is 0 Å². The smallest absolute Gasteiger partial charge is 0.166 e. The van der Waals surface area contributed by atoms with Crippen LogP contribution in [-0.4, -0.2) is 86.4 Å². The van der Waals surface area contributed by atoms with Gasteiger partial charge in [0.05, 0.1) is 34.4 Å². The summed E-state index contributed by atoms with van der Waals surface area (Å²) in [6.45, 7) is 2.00. The number of aromatic hydroxyl groups is 3. The Kier molecular flexibility index (Phi) is 11.4. The highest BCUT2D eigenvalue weighted by Gasteiger charge is 2.07. The second-order valence-electron chi connectivity index (χ2n) is 8.38. The molecule has 210 valence electrons. The number of benzene rings is 3. The second-order valence-corrected chi connectivity index (χ2v) is 8.38. The van der Waals surface area contributed by atoms with Gasteiger partial charge < -0.3 is 34.4 Å².